The van der Waals surface area contributed by atoms with Gasteiger partial charge < -0.3 is 5.32 Å². The maximum absolute atomic E-state index is 13.5. The van der Waals surface area contributed by atoms with Crippen molar-refractivity contribution in [3.05, 3.63) is 35.8 Å². The lowest BCUT2D eigenvalue weighted by Gasteiger charge is -2.00. The molecule has 0 saturated carbocycles. The van der Waals surface area contributed by atoms with E-state index in [9.17, 15) is 13.2 Å². The van der Waals surface area contributed by atoms with Crippen molar-refractivity contribution in [2.45, 2.75) is 6.92 Å². The minimum absolute atomic E-state index is 0.0190. The van der Waals surface area contributed by atoms with Gasteiger partial charge in [0.25, 0.3) is 0 Å². The number of anilines is 1. The van der Waals surface area contributed by atoms with E-state index in [1.54, 1.807) is 0 Å². The predicted molar refractivity (Wildman–Crippen MR) is 61.6 cm³/mol. The van der Waals surface area contributed by atoms with Crippen molar-refractivity contribution in [3.8, 4) is 10.4 Å². The molecule has 1 heterocycles. The number of halogens is 3. The Hall–Kier alpha value is -1.56. The summed E-state index contributed by atoms with van der Waals surface area (Å²) in [5, 5.41) is 3.58. The minimum atomic E-state index is -1.19. The summed E-state index contributed by atoms with van der Waals surface area (Å²) in [7, 11) is 0. The third-order valence-corrected chi connectivity index (χ3v) is 3.10. The van der Waals surface area contributed by atoms with Gasteiger partial charge in [-0.3, -0.25) is 0 Å². The van der Waals surface area contributed by atoms with Crippen LogP contribution in [0.1, 0.15) is 6.92 Å². The van der Waals surface area contributed by atoms with Crippen LogP contribution >= 0.6 is 11.3 Å². The maximum atomic E-state index is 13.5. The number of nitrogens with zero attached hydrogens (tertiary/aromatic N) is 1. The summed E-state index contributed by atoms with van der Waals surface area (Å²) in [5.41, 5.74) is 0.0190. The van der Waals surface area contributed by atoms with E-state index in [2.05, 4.69) is 10.3 Å². The number of hydrogen-bond acceptors (Lipinski definition) is 3. The molecule has 90 valence electrons. The van der Waals surface area contributed by atoms with Crippen LogP contribution in [0.4, 0.5) is 18.3 Å². The van der Waals surface area contributed by atoms with Gasteiger partial charge in [-0.25, -0.2) is 18.2 Å². The normalized spacial score (nSPS) is 10.6. The largest absolute Gasteiger partial charge is 0.362 e. The van der Waals surface area contributed by atoms with Gasteiger partial charge in [-0.2, -0.15) is 0 Å². The van der Waals surface area contributed by atoms with Crippen molar-refractivity contribution in [1.82, 2.24) is 4.98 Å². The van der Waals surface area contributed by atoms with Gasteiger partial charge in [0.2, 0.25) is 0 Å². The van der Waals surface area contributed by atoms with Gasteiger partial charge in [0.15, 0.2) is 16.8 Å². The summed E-state index contributed by atoms with van der Waals surface area (Å²) in [4.78, 5) is 4.46. The topological polar surface area (TPSA) is 24.9 Å². The molecule has 2 aromatic rings. The average molecular weight is 258 g/mol. The Kier molecular flexibility index (Phi) is 3.33. The lowest BCUT2D eigenvalue weighted by molar-refractivity contribution is 0.496. The van der Waals surface area contributed by atoms with Crippen LogP contribution in [0.5, 0.6) is 0 Å². The van der Waals surface area contributed by atoms with Crippen LogP contribution in [0.15, 0.2) is 18.3 Å². The van der Waals surface area contributed by atoms with E-state index < -0.39 is 17.5 Å². The summed E-state index contributed by atoms with van der Waals surface area (Å²) in [6, 6.07) is 1.38. The molecule has 0 bridgehead atoms. The minimum Gasteiger partial charge on any atom is -0.362 e. The van der Waals surface area contributed by atoms with Crippen molar-refractivity contribution in [1.29, 1.82) is 0 Å². The summed E-state index contributed by atoms with van der Waals surface area (Å²) in [6.45, 7) is 2.59. The summed E-state index contributed by atoms with van der Waals surface area (Å²) in [6.07, 6.45) is 1.43. The first-order valence-corrected chi connectivity index (χ1v) is 5.78. The first-order valence-electron chi connectivity index (χ1n) is 4.96. The lowest BCUT2D eigenvalue weighted by atomic mass is 10.2. The number of nitrogens with one attached hydrogen (secondary N) is 1. The molecule has 1 N–H and O–H groups in total. The van der Waals surface area contributed by atoms with Gasteiger partial charge in [0.05, 0.1) is 4.88 Å². The summed E-state index contributed by atoms with van der Waals surface area (Å²) < 4.78 is 39.3. The van der Waals surface area contributed by atoms with Crippen molar-refractivity contribution in [3.63, 3.8) is 0 Å². The fourth-order valence-corrected chi connectivity index (χ4v) is 2.24. The Morgan fingerprint density at radius 1 is 1.18 bits per heavy atom. The summed E-state index contributed by atoms with van der Waals surface area (Å²) >= 11 is 1.19. The SMILES string of the molecule is CCNc1ncc(-c2cc(F)c(F)cc2F)s1. The fourth-order valence-electron chi connectivity index (χ4n) is 1.34. The molecule has 0 atom stereocenters. The van der Waals surface area contributed by atoms with Gasteiger partial charge in [0, 0.05) is 24.4 Å². The Morgan fingerprint density at radius 2 is 1.88 bits per heavy atom. The predicted octanol–water partition coefficient (Wildman–Crippen LogP) is 3.66. The zero-order valence-corrected chi connectivity index (χ0v) is 9.75. The third-order valence-electron chi connectivity index (χ3n) is 2.11. The molecule has 0 radical (unpaired) electrons. The Labute approximate surface area is 100 Å². The van der Waals surface area contributed by atoms with Gasteiger partial charge in [-0.05, 0) is 13.0 Å². The molecular formula is C11H9F3N2S. The monoisotopic (exact) mass is 258 g/mol. The van der Waals surface area contributed by atoms with E-state index in [0.717, 1.165) is 6.07 Å². The zero-order chi connectivity index (χ0) is 12.4. The standard InChI is InChI=1S/C11H9F3N2S/c1-2-15-11-16-5-10(17-11)6-3-8(13)9(14)4-7(6)12/h3-5H,2H2,1H3,(H,15,16). The molecule has 0 saturated heterocycles. The smallest absolute Gasteiger partial charge is 0.183 e. The first kappa shape index (κ1) is 11.9. The molecule has 0 aliphatic rings. The Morgan fingerprint density at radius 3 is 2.59 bits per heavy atom. The molecule has 0 unspecified atom stereocenters. The van der Waals surface area contributed by atoms with Crippen molar-refractivity contribution in [2.75, 3.05) is 11.9 Å². The Bertz CT molecular complexity index is 540. The van der Waals surface area contributed by atoms with E-state index in [4.69, 9.17) is 0 Å². The molecule has 0 spiro atoms. The van der Waals surface area contributed by atoms with Gasteiger partial charge in [-0.15, -0.1) is 0 Å². The van der Waals surface area contributed by atoms with Crippen LogP contribution < -0.4 is 5.32 Å². The molecule has 2 nitrogen and oxygen atoms in total. The fraction of sp³-hybridized carbons (Fsp3) is 0.182. The number of aromatic nitrogens is 1. The third kappa shape index (κ3) is 2.41. The van der Waals surface area contributed by atoms with E-state index in [1.165, 1.54) is 17.5 Å². The van der Waals surface area contributed by atoms with E-state index in [-0.39, 0.29) is 5.56 Å². The van der Waals surface area contributed by atoms with Crippen molar-refractivity contribution in [2.24, 2.45) is 0 Å². The first-order chi connectivity index (χ1) is 8.11. The number of rotatable bonds is 3. The number of thiazole rings is 1. The van der Waals surface area contributed by atoms with Crippen LogP contribution in [0, 0.1) is 17.5 Å². The molecule has 0 amide bonds. The zero-order valence-electron chi connectivity index (χ0n) is 8.93. The number of hydrogen-bond donors (Lipinski definition) is 1. The summed E-state index contributed by atoms with van der Waals surface area (Å²) in [5.74, 6) is -3.06. The van der Waals surface area contributed by atoms with Gasteiger partial charge in [0.1, 0.15) is 5.82 Å². The molecule has 1 aromatic carbocycles. The highest BCUT2D eigenvalue weighted by molar-refractivity contribution is 7.18. The van der Waals surface area contributed by atoms with Crippen LogP contribution in [0.25, 0.3) is 10.4 Å². The van der Waals surface area contributed by atoms with Crippen LogP contribution in [-0.4, -0.2) is 11.5 Å². The van der Waals surface area contributed by atoms with Gasteiger partial charge in [-0.1, -0.05) is 11.3 Å². The molecule has 0 aliphatic heterocycles. The van der Waals surface area contributed by atoms with Crippen molar-refractivity contribution < 1.29 is 13.2 Å². The van der Waals surface area contributed by atoms with E-state index >= 15 is 0 Å². The Balaban J connectivity index is 2.41. The van der Waals surface area contributed by atoms with Crippen LogP contribution in [0.3, 0.4) is 0 Å². The highest BCUT2D eigenvalue weighted by Gasteiger charge is 2.13. The highest BCUT2D eigenvalue weighted by Crippen LogP contribution is 2.31. The molecule has 6 heteroatoms. The quantitative estimate of drug-likeness (QED) is 0.850. The second-order valence-electron chi connectivity index (χ2n) is 3.31. The molecular weight excluding hydrogens is 249 g/mol. The van der Waals surface area contributed by atoms with Crippen LogP contribution in [0.2, 0.25) is 0 Å². The maximum Gasteiger partial charge on any atom is 0.183 e. The average Bonchev–Trinajstić information content (AvgIpc) is 2.72. The second kappa shape index (κ2) is 4.75. The number of benzene rings is 1. The lowest BCUT2D eigenvalue weighted by Crippen LogP contribution is -1.94. The van der Waals surface area contributed by atoms with E-state index in [0.29, 0.717) is 22.6 Å². The second-order valence-corrected chi connectivity index (χ2v) is 4.34. The van der Waals surface area contributed by atoms with Crippen molar-refractivity contribution >= 4 is 16.5 Å². The van der Waals surface area contributed by atoms with Gasteiger partial charge >= 0.3 is 0 Å². The van der Waals surface area contributed by atoms with Crippen LogP contribution in [-0.2, 0) is 0 Å². The highest BCUT2D eigenvalue weighted by atomic mass is 32.1. The molecule has 0 fully saturated rings. The van der Waals surface area contributed by atoms with E-state index in [1.807, 2.05) is 6.92 Å². The molecule has 1 aromatic heterocycles. The molecule has 0 aliphatic carbocycles. The molecule has 2 rings (SSSR count). The molecule has 17 heavy (non-hydrogen) atoms.